The SMILES string of the molecule is CCCCNCc1ccc(C2CC2)cc1. The zero-order valence-electron chi connectivity index (χ0n) is 9.63. The van der Waals surface area contributed by atoms with E-state index in [0.717, 1.165) is 19.0 Å². The van der Waals surface area contributed by atoms with Crippen molar-refractivity contribution < 1.29 is 0 Å². The van der Waals surface area contributed by atoms with Gasteiger partial charge in [0.05, 0.1) is 0 Å². The van der Waals surface area contributed by atoms with Crippen LogP contribution in [0.5, 0.6) is 0 Å². The molecule has 0 heterocycles. The maximum atomic E-state index is 3.47. The molecule has 1 saturated carbocycles. The standard InChI is InChI=1S/C14H21N/c1-2-3-10-15-11-12-4-6-13(7-5-12)14-8-9-14/h4-7,14-15H,2-3,8-11H2,1H3. The van der Waals surface area contributed by atoms with E-state index in [2.05, 4.69) is 36.5 Å². The average molecular weight is 203 g/mol. The molecule has 0 saturated heterocycles. The summed E-state index contributed by atoms with van der Waals surface area (Å²) in [5.74, 6) is 0.882. The summed E-state index contributed by atoms with van der Waals surface area (Å²) < 4.78 is 0. The van der Waals surface area contributed by atoms with E-state index in [1.165, 1.54) is 36.8 Å². The molecule has 0 aromatic heterocycles. The summed E-state index contributed by atoms with van der Waals surface area (Å²) in [5, 5.41) is 3.47. The van der Waals surface area contributed by atoms with Crippen LogP contribution in [0.4, 0.5) is 0 Å². The molecule has 0 spiro atoms. The predicted molar refractivity (Wildman–Crippen MR) is 65.0 cm³/mol. The molecule has 1 aliphatic rings. The van der Waals surface area contributed by atoms with Crippen LogP contribution in [0.1, 0.15) is 49.7 Å². The molecule has 1 aromatic carbocycles. The summed E-state index contributed by atoms with van der Waals surface area (Å²) in [6, 6.07) is 9.14. The fraction of sp³-hybridized carbons (Fsp3) is 0.571. The van der Waals surface area contributed by atoms with Crippen LogP contribution in [-0.2, 0) is 6.54 Å². The monoisotopic (exact) mass is 203 g/mol. The predicted octanol–water partition coefficient (Wildman–Crippen LogP) is 3.45. The molecule has 1 fully saturated rings. The van der Waals surface area contributed by atoms with Crippen LogP contribution in [0.2, 0.25) is 0 Å². The van der Waals surface area contributed by atoms with Crippen molar-refractivity contribution in [1.82, 2.24) is 5.32 Å². The highest BCUT2D eigenvalue weighted by Gasteiger charge is 2.22. The first-order valence-corrected chi connectivity index (χ1v) is 6.19. The molecule has 1 N–H and O–H groups in total. The number of benzene rings is 1. The summed E-state index contributed by atoms with van der Waals surface area (Å²) in [7, 11) is 0. The molecule has 1 aliphatic carbocycles. The molecular weight excluding hydrogens is 182 g/mol. The fourth-order valence-corrected chi connectivity index (χ4v) is 1.86. The van der Waals surface area contributed by atoms with Crippen molar-refractivity contribution in [2.24, 2.45) is 0 Å². The van der Waals surface area contributed by atoms with Gasteiger partial charge in [0.2, 0.25) is 0 Å². The van der Waals surface area contributed by atoms with Gasteiger partial charge in [0.1, 0.15) is 0 Å². The second-order valence-corrected chi connectivity index (χ2v) is 4.55. The molecule has 0 aliphatic heterocycles. The van der Waals surface area contributed by atoms with Crippen molar-refractivity contribution in [1.29, 1.82) is 0 Å². The van der Waals surface area contributed by atoms with Crippen LogP contribution >= 0.6 is 0 Å². The minimum absolute atomic E-state index is 0.882. The van der Waals surface area contributed by atoms with E-state index in [1.807, 2.05) is 0 Å². The van der Waals surface area contributed by atoms with Gasteiger partial charge in [-0.1, -0.05) is 37.6 Å². The second kappa shape index (κ2) is 5.32. The molecule has 2 rings (SSSR count). The second-order valence-electron chi connectivity index (χ2n) is 4.55. The molecule has 1 heteroatoms. The Kier molecular flexibility index (Phi) is 3.79. The van der Waals surface area contributed by atoms with E-state index in [0.29, 0.717) is 0 Å². The lowest BCUT2D eigenvalue weighted by Gasteiger charge is -2.05. The summed E-state index contributed by atoms with van der Waals surface area (Å²) in [6.45, 7) is 4.39. The molecule has 0 unspecified atom stereocenters. The Morgan fingerprint density at radius 1 is 1.20 bits per heavy atom. The van der Waals surface area contributed by atoms with Gasteiger partial charge in [0.25, 0.3) is 0 Å². The number of unbranched alkanes of at least 4 members (excludes halogenated alkanes) is 1. The highest BCUT2D eigenvalue weighted by Crippen LogP contribution is 2.39. The van der Waals surface area contributed by atoms with Crippen LogP contribution in [-0.4, -0.2) is 6.54 Å². The summed E-state index contributed by atoms with van der Waals surface area (Å²) in [6.07, 6.45) is 5.34. The van der Waals surface area contributed by atoms with E-state index in [9.17, 15) is 0 Å². The first-order valence-electron chi connectivity index (χ1n) is 6.19. The van der Waals surface area contributed by atoms with E-state index in [4.69, 9.17) is 0 Å². The highest BCUT2D eigenvalue weighted by molar-refractivity contribution is 5.27. The first kappa shape index (κ1) is 10.7. The van der Waals surface area contributed by atoms with Gasteiger partial charge in [-0.25, -0.2) is 0 Å². The highest BCUT2D eigenvalue weighted by atomic mass is 14.8. The maximum Gasteiger partial charge on any atom is 0.0205 e. The van der Waals surface area contributed by atoms with Gasteiger partial charge in [0, 0.05) is 6.54 Å². The van der Waals surface area contributed by atoms with Crippen LogP contribution < -0.4 is 5.32 Å². The van der Waals surface area contributed by atoms with E-state index >= 15 is 0 Å². The first-order chi connectivity index (χ1) is 7.40. The fourth-order valence-electron chi connectivity index (χ4n) is 1.86. The van der Waals surface area contributed by atoms with Crippen LogP contribution in [0, 0.1) is 0 Å². The third kappa shape index (κ3) is 3.35. The quantitative estimate of drug-likeness (QED) is 0.698. The molecule has 0 atom stereocenters. The van der Waals surface area contributed by atoms with Crippen molar-refractivity contribution in [3.63, 3.8) is 0 Å². The van der Waals surface area contributed by atoms with Crippen LogP contribution in [0.25, 0.3) is 0 Å². The number of hydrogen-bond donors (Lipinski definition) is 1. The Balaban J connectivity index is 1.76. The van der Waals surface area contributed by atoms with Gasteiger partial charge in [0.15, 0.2) is 0 Å². The van der Waals surface area contributed by atoms with Gasteiger partial charge >= 0.3 is 0 Å². The molecule has 1 aromatic rings. The van der Waals surface area contributed by atoms with E-state index < -0.39 is 0 Å². The molecule has 82 valence electrons. The Labute approximate surface area is 92.9 Å². The summed E-state index contributed by atoms with van der Waals surface area (Å²) in [5.41, 5.74) is 2.95. The summed E-state index contributed by atoms with van der Waals surface area (Å²) >= 11 is 0. The lowest BCUT2D eigenvalue weighted by molar-refractivity contribution is 0.641. The third-order valence-electron chi connectivity index (χ3n) is 3.06. The van der Waals surface area contributed by atoms with Crippen LogP contribution in [0.15, 0.2) is 24.3 Å². The van der Waals surface area contributed by atoms with Crippen LogP contribution in [0.3, 0.4) is 0 Å². The van der Waals surface area contributed by atoms with Gasteiger partial charge < -0.3 is 5.32 Å². The Bertz CT molecular complexity index is 285. The van der Waals surface area contributed by atoms with Crippen molar-refractivity contribution in [3.05, 3.63) is 35.4 Å². The minimum atomic E-state index is 0.882. The van der Waals surface area contributed by atoms with Crippen molar-refractivity contribution in [3.8, 4) is 0 Å². The topological polar surface area (TPSA) is 12.0 Å². The minimum Gasteiger partial charge on any atom is -0.313 e. The normalized spacial score (nSPS) is 15.5. The Morgan fingerprint density at radius 3 is 2.53 bits per heavy atom. The molecular formula is C14H21N. The lowest BCUT2D eigenvalue weighted by Crippen LogP contribution is -2.14. The van der Waals surface area contributed by atoms with Crippen molar-refractivity contribution in [2.75, 3.05) is 6.54 Å². The third-order valence-corrected chi connectivity index (χ3v) is 3.06. The molecule has 0 bridgehead atoms. The van der Waals surface area contributed by atoms with Crippen molar-refractivity contribution in [2.45, 2.75) is 45.1 Å². The molecule has 15 heavy (non-hydrogen) atoms. The van der Waals surface area contributed by atoms with Gasteiger partial charge in [-0.15, -0.1) is 0 Å². The number of hydrogen-bond acceptors (Lipinski definition) is 1. The zero-order valence-corrected chi connectivity index (χ0v) is 9.63. The Hall–Kier alpha value is -0.820. The average Bonchev–Trinajstić information content (AvgIpc) is 3.09. The van der Waals surface area contributed by atoms with E-state index in [-0.39, 0.29) is 0 Å². The largest absolute Gasteiger partial charge is 0.313 e. The molecule has 1 nitrogen and oxygen atoms in total. The Morgan fingerprint density at radius 2 is 1.93 bits per heavy atom. The lowest BCUT2D eigenvalue weighted by atomic mass is 10.1. The van der Waals surface area contributed by atoms with Gasteiger partial charge in [-0.2, -0.15) is 0 Å². The van der Waals surface area contributed by atoms with Crippen molar-refractivity contribution >= 4 is 0 Å². The smallest absolute Gasteiger partial charge is 0.0205 e. The zero-order chi connectivity index (χ0) is 10.5. The number of nitrogens with one attached hydrogen (secondary N) is 1. The van der Waals surface area contributed by atoms with Gasteiger partial charge in [-0.05, 0) is 42.9 Å². The number of rotatable bonds is 6. The maximum absolute atomic E-state index is 3.47. The molecule has 0 amide bonds. The molecule has 0 radical (unpaired) electrons. The van der Waals surface area contributed by atoms with Gasteiger partial charge in [-0.3, -0.25) is 0 Å². The summed E-state index contributed by atoms with van der Waals surface area (Å²) in [4.78, 5) is 0. The van der Waals surface area contributed by atoms with E-state index in [1.54, 1.807) is 0 Å².